The second kappa shape index (κ2) is 7.94. The molecule has 0 unspecified atom stereocenters. The highest BCUT2D eigenvalue weighted by molar-refractivity contribution is 7.09. The first kappa shape index (κ1) is 11.7. The van der Waals surface area contributed by atoms with Gasteiger partial charge in [0.1, 0.15) is 0 Å². The zero-order valence-corrected chi connectivity index (χ0v) is 9.05. The highest BCUT2D eigenvalue weighted by Gasteiger charge is 1.92. The lowest BCUT2D eigenvalue weighted by atomic mass is 10.3. The van der Waals surface area contributed by atoms with Gasteiger partial charge in [0.05, 0.1) is 19.8 Å². The van der Waals surface area contributed by atoms with Crippen LogP contribution in [-0.2, 0) is 11.2 Å². The molecule has 0 atom stereocenters. The van der Waals surface area contributed by atoms with E-state index in [1.807, 2.05) is 0 Å². The Morgan fingerprint density at radius 3 is 3.00 bits per heavy atom. The fraction of sp³-hybridized carbons (Fsp3) is 0.600. The molecule has 0 aliphatic rings. The van der Waals surface area contributed by atoms with Gasteiger partial charge in [-0.15, -0.1) is 11.3 Å². The third-order valence-electron chi connectivity index (χ3n) is 1.79. The van der Waals surface area contributed by atoms with Crippen LogP contribution in [0.25, 0.3) is 0 Å². The van der Waals surface area contributed by atoms with Crippen LogP contribution in [0.1, 0.15) is 4.88 Å². The molecule has 0 bridgehead atoms. The van der Waals surface area contributed by atoms with Crippen molar-refractivity contribution in [3.05, 3.63) is 22.4 Å². The second-order valence-electron chi connectivity index (χ2n) is 2.92. The van der Waals surface area contributed by atoms with Crippen molar-refractivity contribution in [3.8, 4) is 0 Å². The maximum absolute atomic E-state index is 8.45. The van der Waals surface area contributed by atoms with Gasteiger partial charge in [-0.25, -0.2) is 0 Å². The van der Waals surface area contributed by atoms with E-state index in [9.17, 15) is 0 Å². The lowest BCUT2D eigenvalue weighted by Crippen LogP contribution is -2.22. The van der Waals surface area contributed by atoms with E-state index >= 15 is 0 Å². The zero-order valence-electron chi connectivity index (χ0n) is 8.24. The third kappa shape index (κ3) is 5.34. The number of aliphatic hydroxyl groups excluding tert-OH is 1. The first-order valence-electron chi connectivity index (χ1n) is 4.85. The van der Waals surface area contributed by atoms with Crippen LogP contribution in [0.3, 0.4) is 0 Å². The molecule has 0 aromatic carbocycles. The highest BCUT2D eigenvalue weighted by atomic mass is 32.1. The minimum Gasteiger partial charge on any atom is -0.394 e. The fourth-order valence-electron chi connectivity index (χ4n) is 1.10. The van der Waals surface area contributed by atoms with Crippen LogP contribution in [-0.4, -0.2) is 38.0 Å². The molecule has 3 nitrogen and oxygen atoms in total. The Labute approximate surface area is 88.7 Å². The van der Waals surface area contributed by atoms with E-state index in [1.54, 1.807) is 11.3 Å². The smallest absolute Gasteiger partial charge is 0.0698 e. The van der Waals surface area contributed by atoms with Crippen LogP contribution in [0.2, 0.25) is 0 Å². The van der Waals surface area contributed by atoms with E-state index in [1.165, 1.54) is 4.88 Å². The van der Waals surface area contributed by atoms with Gasteiger partial charge in [0.25, 0.3) is 0 Å². The largest absolute Gasteiger partial charge is 0.394 e. The molecule has 1 heterocycles. The van der Waals surface area contributed by atoms with Crippen LogP contribution in [0.5, 0.6) is 0 Å². The van der Waals surface area contributed by atoms with Crippen molar-refractivity contribution in [1.82, 2.24) is 5.32 Å². The van der Waals surface area contributed by atoms with Crippen molar-refractivity contribution in [1.29, 1.82) is 0 Å². The number of hydrogen-bond acceptors (Lipinski definition) is 4. The van der Waals surface area contributed by atoms with Crippen LogP contribution in [0.4, 0.5) is 0 Å². The molecule has 4 heteroatoms. The molecule has 1 rings (SSSR count). The molecule has 1 aromatic rings. The predicted molar refractivity (Wildman–Crippen MR) is 58.8 cm³/mol. The van der Waals surface area contributed by atoms with Gasteiger partial charge in [-0.1, -0.05) is 6.07 Å². The van der Waals surface area contributed by atoms with Crippen molar-refractivity contribution >= 4 is 11.3 Å². The highest BCUT2D eigenvalue weighted by Crippen LogP contribution is 2.07. The Morgan fingerprint density at radius 2 is 2.29 bits per heavy atom. The van der Waals surface area contributed by atoms with Crippen LogP contribution in [0.15, 0.2) is 17.5 Å². The molecule has 2 N–H and O–H groups in total. The van der Waals surface area contributed by atoms with Crippen molar-refractivity contribution in [2.24, 2.45) is 0 Å². The average molecular weight is 215 g/mol. The van der Waals surface area contributed by atoms with Gasteiger partial charge in [0.15, 0.2) is 0 Å². The summed E-state index contributed by atoms with van der Waals surface area (Å²) in [5, 5.41) is 13.8. The molecular formula is C10H17NO2S. The molecule has 0 saturated heterocycles. The van der Waals surface area contributed by atoms with Gasteiger partial charge in [0, 0.05) is 18.0 Å². The maximum Gasteiger partial charge on any atom is 0.0698 e. The zero-order chi connectivity index (χ0) is 10.1. The standard InChI is InChI=1S/C10H17NO2S/c12-6-8-13-7-5-11-4-3-10-2-1-9-14-10/h1-2,9,11-12H,3-8H2. The molecule has 0 aliphatic heterocycles. The van der Waals surface area contributed by atoms with E-state index in [0.29, 0.717) is 13.2 Å². The number of hydrogen-bond donors (Lipinski definition) is 2. The molecule has 0 amide bonds. The summed E-state index contributed by atoms with van der Waals surface area (Å²) in [5.74, 6) is 0. The van der Waals surface area contributed by atoms with Gasteiger partial charge in [0.2, 0.25) is 0 Å². The molecule has 0 aliphatic carbocycles. The Bertz CT molecular complexity index is 214. The minimum atomic E-state index is 0.106. The summed E-state index contributed by atoms with van der Waals surface area (Å²) >= 11 is 1.79. The minimum absolute atomic E-state index is 0.106. The lowest BCUT2D eigenvalue weighted by molar-refractivity contribution is 0.0940. The summed E-state index contributed by atoms with van der Waals surface area (Å²) in [5.41, 5.74) is 0. The van der Waals surface area contributed by atoms with Gasteiger partial charge in [-0.2, -0.15) is 0 Å². The average Bonchev–Trinajstić information content (AvgIpc) is 2.69. The van der Waals surface area contributed by atoms with Gasteiger partial charge < -0.3 is 15.2 Å². The summed E-state index contributed by atoms with van der Waals surface area (Å²) in [6.45, 7) is 3.06. The van der Waals surface area contributed by atoms with E-state index < -0.39 is 0 Å². The van der Waals surface area contributed by atoms with Gasteiger partial charge in [-0.3, -0.25) is 0 Å². The third-order valence-corrected chi connectivity index (χ3v) is 2.72. The quantitative estimate of drug-likeness (QED) is 0.633. The Balaban J connectivity index is 1.85. The molecule has 1 aromatic heterocycles. The summed E-state index contributed by atoms with van der Waals surface area (Å²) in [4.78, 5) is 1.41. The van der Waals surface area contributed by atoms with Crippen LogP contribution < -0.4 is 5.32 Å². The van der Waals surface area contributed by atoms with Crippen molar-refractivity contribution < 1.29 is 9.84 Å². The van der Waals surface area contributed by atoms with E-state index in [-0.39, 0.29) is 6.61 Å². The van der Waals surface area contributed by atoms with E-state index in [0.717, 1.165) is 19.5 Å². The first-order valence-corrected chi connectivity index (χ1v) is 5.73. The monoisotopic (exact) mass is 215 g/mol. The van der Waals surface area contributed by atoms with E-state index in [2.05, 4.69) is 22.8 Å². The van der Waals surface area contributed by atoms with Crippen LogP contribution in [0, 0.1) is 0 Å². The molecule has 0 fully saturated rings. The second-order valence-corrected chi connectivity index (χ2v) is 3.95. The van der Waals surface area contributed by atoms with Crippen LogP contribution >= 0.6 is 11.3 Å². The molecule has 0 radical (unpaired) electrons. The number of nitrogens with one attached hydrogen (secondary N) is 1. The van der Waals surface area contributed by atoms with E-state index in [4.69, 9.17) is 9.84 Å². The Morgan fingerprint density at radius 1 is 1.36 bits per heavy atom. The SMILES string of the molecule is OCCOCCNCCc1cccs1. The fourth-order valence-corrected chi connectivity index (χ4v) is 1.81. The number of ether oxygens (including phenoxy) is 1. The van der Waals surface area contributed by atoms with Crippen molar-refractivity contribution in [2.75, 3.05) is 32.9 Å². The predicted octanol–water partition coefficient (Wildman–Crippen LogP) is 0.889. The molecule has 0 spiro atoms. The number of rotatable bonds is 8. The molecule has 0 saturated carbocycles. The lowest BCUT2D eigenvalue weighted by Gasteiger charge is -2.03. The van der Waals surface area contributed by atoms with Gasteiger partial charge in [-0.05, 0) is 17.9 Å². The summed E-state index contributed by atoms with van der Waals surface area (Å²) in [6.07, 6.45) is 1.08. The van der Waals surface area contributed by atoms with Crippen molar-refractivity contribution in [3.63, 3.8) is 0 Å². The topological polar surface area (TPSA) is 41.5 Å². The Kier molecular flexibility index (Phi) is 6.61. The number of aliphatic hydroxyl groups is 1. The van der Waals surface area contributed by atoms with Gasteiger partial charge >= 0.3 is 0 Å². The summed E-state index contributed by atoms with van der Waals surface area (Å²) in [7, 11) is 0. The number of thiophene rings is 1. The normalized spacial score (nSPS) is 10.6. The maximum atomic E-state index is 8.45. The Hall–Kier alpha value is -0.420. The molecule has 80 valence electrons. The summed E-state index contributed by atoms with van der Waals surface area (Å²) < 4.78 is 5.11. The van der Waals surface area contributed by atoms with Crippen molar-refractivity contribution in [2.45, 2.75) is 6.42 Å². The molecule has 14 heavy (non-hydrogen) atoms. The molecular weight excluding hydrogens is 198 g/mol. The first-order chi connectivity index (χ1) is 6.93. The summed E-state index contributed by atoms with van der Waals surface area (Å²) in [6, 6.07) is 4.22.